The Bertz CT molecular complexity index is 700. The van der Waals surface area contributed by atoms with Gasteiger partial charge in [0.05, 0.1) is 13.7 Å². The first-order valence-electron chi connectivity index (χ1n) is 7.28. The minimum Gasteiger partial charge on any atom is -0.497 e. The fraction of sp³-hybridized carbons (Fsp3) is 0.158. The largest absolute Gasteiger partial charge is 0.497 e. The van der Waals surface area contributed by atoms with E-state index < -0.39 is 5.97 Å². The molecule has 0 amide bonds. The van der Waals surface area contributed by atoms with Gasteiger partial charge in [0.1, 0.15) is 11.3 Å². The molecule has 2 rings (SSSR count). The first-order chi connectivity index (χ1) is 11.2. The van der Waals surface area contributed by atoms with Gasteiger partial charge in [-0.3, -0.25) is 4.79 Å². The minimum atomic E-state index is -0.628. The molecule has 4 nitrogen and oxygen atoms in total. The van der Waals surface area contributed by atoms with Crippen LogP contribution >= 0.6 is 0 Å². The van der Waals surface area contributed by atoms with Crippen LogP contribution in [-0.4, -0.2) is 25.5 Å². The Balaban J connectivity index is 2.38. The van der Waals surface area contributed by atoms with Crippen LogP contribution in [0.4, 0.5) is 0 Å². The first-order valence-corrected chi connectivity index (χ1v) is 7.28. The topological polar surface area (TPSA) is 52.6 Å². The monoisotopic (exact) mass is 310 g/mol. The smallest absolute Gasteiger partial charge is 0.342 e. The molecular weight excluding hydrogens is 292 g/mol. The number of ketones is 1. The van der Waals surface area contributed by atoms with E-state index in [4.69, 9.17) is 9.47 Å². The molecule has 0 bridgehead atoms. The Hall–Kier alpha value is -2.88. The standard InChI is InChI=1S/C19H18O4/c1-3-23-19(21)17(18(20)15-7-5-4-6-8-15)13-14-9-11-16(22-2)12-10-14/h4-13H,3H2,1-2H3/b17-13-. The van der Waals surface area contributed by atoms with E-state index in [9.17, 15) is 9.59 Å². The van der Waals surface area contributed by atoms with Crippen LogP contribution in [0, 0.1) is 0 Å². The second-order valence-electron chi connectivity index (χ2n) is 4.75. The molecule has 23 heavy (non-hydrogen) atoms. The second kappa shape index (κ2) is 7.94. The zero-order valence-corrected chi connectivity index (χ0v) is 13.1. The van der Waals surface area contributed by atoms with E-state index >= 15 is 0 Å². The summed E-state index contributed by atoms with van der Waals surface area (Å²) in [5.74, 6) is -0.286. The normalized spacial score (nSPS) is 11.0. The molecule has 0 radical (unpaired) electrons. The van der Waals surface area contributed by atoms with Crippen LogP contribution in [0.1, 0.15) is 22.8 Å². The molecule has 0 aliphatic carbocycles. The summed E-state index contributed by atoms with van der Waals surface area (Å²) < 4.78 is 10.1. The lowest BCUT2D eigenvalue weighted by Gasteiger charge is -2.07. The summed E-state index contributed by atoms with van der Waals surface area (Å²) in [5.41, 5.74) is 1.17. The molecule has 0 aliphatic rings. The zero-order valence-electron chi connectivity index (χ0n) is 13.1. The molecule has 0 saturated heterocycles. The lowest BCUT2D eigenvalue weighted by Crippen LogP contribution is -2.16. The molecule has 0 spiro atoms. The van der Waals surface area contributed by atoms with Crippen molar-refractivity contribution in [1.82, 2.24) is 0 Å². The highest BCUT2D eigenvalue weighted by molar-refractivity contribution is 6.26. The van der Waals surface area contributed by atoms with Gasteiger partial charge in [-0.2, -0.15) is 0 Å². The molecule has 0 unspecified atom stereocenters. The minimum absolute atomic E-state index is 0.00298. The number of rotatable bonds is 6. The van der Waals surface area contributed by atoms with Gasteiger partial charge in [-0.1, -0.05) is 42.5 Å². The Labute approximate surface area is 135 Å². The second-order valence-corrected chi connectivity index (χ2v) is 4.75. The molecular formula is C19H18O4. The maximum Gasteiger partial charge on any atom is 0.342 e. The van der Waals surface area contributed by atoms with Crippen LogP contribution in [0.15, 0.2) is 60.2 Å². The van der Waals surface area contributed by atoms with Crippen molar-refractivity contribution in [2.45, 2.75) is 6.92 Å². The van der Waals surface area contributed by atoms with Crippen LogP contribution in [0.2, 0.25) is 0 Å². The maximum atomic E-state index is 12.6. The van der Waals surface area contributed by atoms with Gasteiger partial charge in [-0.15, -0.1) is 0 Å². The van der Waals surface area contributed by atoms with Gasteiger partial charge >= 0.3 is 5.97 Å². The first kappa shape index (κ1) is 16.5. The van der Waals surface area contributed by atoms with Crippen molar-refractivity contribution in [1.29, 1.82) is 0 Å². The van der Waals surface area contributed by atoms with Crippen molar-refractivity contribution in [3.63, 3.8) is 0 Å². The van der Waals surface area contributed by atoms with Gasteiger partial charge in [-0.25, -0.2) is 4.79 Å². The highest BCUT2D eigenvalue weighted by atomic mass is 16.5. The predicted molar refractivity (Wildman–Crippen MR) is 88.4 cm³/mol. The summed E-state index contributed by atoms with van der Waals surface area (Å²) in [6, 6.07) is 15.7. The van der Waals surface area contributed by atoms with E-state index in [-0.39, 0.29) is 18.0 Å². The Morgan fingerprint density at radius 1 is 1.00 bits per heavy atom. The summed E-state index contributed by atoms with van der Waals surface area (Å²) in [6.07, 6.45) is 1.53. The van der Waals surface area contributed by atoms with Gasteiger partial charge in [0.15, 0.2) is 5.78 Å². The number of hydrogen-bond acceptors (Lipinski definition) is 4. The number of Topliss-reactive ketones (excluding diaryl/α,β-unsaturated/α-hetero) is 1. The molecule has 4 heteroatoms. The van der Waals surface area contributed by atoms with Crippen LogP contribution in [0.3, 0.4) is 0 Å². The molecule has 0 fully saturated rings. The van der Waals surface area contributed by atoms with Crippen LogP contribution in [-0.2, 0) is 9.53 Å². The third-order valence-corrected chi connectivity index (χ3v) is 3.20. The average molecular weight is 310 g/mol. The molecule has 0 heterocycles. The Morgan fingerprint density at radius 2 is 1.65 bits per heavy atom. The number of methoxy groups -OCH3 is 1. The third kappa shape index (κ3) is 4.30. The molecule has 118 valence electrons. The Morgan fingerprint density at radius 3 is 2.22 bits per heavy atom. The number of hydrogen-bond donors (Lipinski definition) is 0. The number of ether oxygens (including phenoxy) is 2. The van der Waals surface area contributed by atoms with Crippen molar-refractivity contribution in [2.75, 3.05) is 13.7 Å². The molecule has 2 aromatic rings. The van der Waals surface area contributed by atoms with Crippen molar-refractivity contribution < 1.29 is 19.1 Å². The van der Waals surface area contributed by atoms with Gasteiger partial charge < -0.3 is 9.47 Å². The molecule has 0 atom stereocenters. The SMILES string of the molecule is CCOC(=O)/C(=C\c1ccc(OC)cc1)C(=O)c1ccccc1. The summed E-state index contributed by atoms with van der Waals surface area (Å²) in [5, 5.41) is 0. The summed E-state index contributed by atoms with van der Waals surface area (Å²) >= 11 is 0. The Kier molecular flexibility index (Phi) is 5.69. The fourth-order valence-electron chi connectivity index (χ4n) is 2.04. The van der Waals surface area contributed by atoms with Crippen molar-refractivity contribution in [3.05, 3.63) is 71.3 Å². The van der Waals surface area contributed by atoms with Crippen molar-refractivity contribution >= 4 is 17.8 Å². The van der Waals surface area contributed by atoms with E-state index in [1.165, 1.54) is 6.08 Å². The number of carbonyl (C=O) groups excluding carboxylic acids is 2. The molecule has 0 aromatic heterocycles. The summed E-state index contributed by atoms with van der Waals surface area (Å²) in [7, 11) is 1.58. The van der Waals surface area contributed by atoms with Gasteiger partial charge in [-0.05, 0) is 30.7 Å². The zero-order chi connectivity index (χ0) is 16.7. The fourth-order valence-corrected chi connectivity index (χ4v) is 2.04. The van der Waals surface area contributed by atoms with Crippen LogP contribution in [0.5, 0.6) is 5.75 Å². The highest BCUT2D eigenvalue weighted by Crippen LogP contribution is 2.17. The van der Waals surface area contributed by atoms with E-state index in [0.29, 0.717) is 11.3 Å². The van der Waals surface area contributed by atoms with Crippen molar-refractivity contribution in [3.8, 4) is 5.75 Å². The highest BCUT2D eigenvalue weighted by Gasteiger charge is 2.21. The molecule has 0 N–H and O–H groups in total. The van der Waals surface area contributed by atoms with Gasteiger partial charge in [0.25, 0.3) is 0 Å². The average Bonchev–Trinajstić information content (AvgIpc) is 2.60. The number of benzene rings is 2. The summed E-state index contributed by atoms with van der Waals surface area (Å²) in [6.45, 7) is 1.91. The van der Waals surface area contributed by atoms with Crippen LogP contribution < -0.4 is 4.74 Å². The molecule has 0 aliphatic heterocycles. The van der Waals surface area contributed by atoms with Gasteiger partial charge in [0, 0.05) is 5.56 Å². The lowest BCUT2D eigenvalue weighted by atomic mass is 10.0. The van der Waals surface area contributed by atoms with E-state index in [1.54, 1.807) is 62.6 Å². The maximum absolute atomic E-state index is 12.6. The van der Waals surface area contributed by atoms with Crippen LogP contribution in [0.25, 0.3) is 6.08 Å². The molecule has 2 aromatic carbocycles. The quantitative estimate of drug-likeness (QED) is 0.269. The van der Waals surface area contributed by atoms with Gasteiger partial charge in [0.2, 0.25) is 0 Å². The predicted octanol–water partition coefficient (Wildman–Crippen LogP) is 3.52. The molecule has 0 saturated carbocycles. The van der Waals surface area contributed by atoms with Crippen molar-refractivity contribution in [2.24, 2.45) is 0 Å². The lowest BCUT2D eigenvalue weighted by molar-refractivity contribution is -0.137. The van der Waals surface area contributed by atoms with E-state index in [0.717, 1.165) is 5.56 Å². The van der Waals surface area contributed by atoms with E-state index in [1.807, 2.05) is 6.07 Å². The third-order valence-electron chi connectivity index (χ3n) is 3.20. The van der Waals surface area contributed by atoms with E-state index in [2.05, 4.69) is 0 Å². The number of esters is 1. The summed E-state index contributed by atoms with van der Waals surface area (Å²) in [4.78, 5) is 24.7. The number of carbonyl (C=O) groups is 2.